The van der Waals surface area contributed by atoms with Crippen molar-refractivity contribution in [1.29, 1.82) is 5.26 Å². The Kier molecular flexibility index (Phi) is 4.49. The molecular formula is C21H17NO2. The molecule has 0 saturated carbocycles. The van der Waals surface area contributed by atoms with E-state index in [-0.39, 0.29) is 0 Å². The largest absolute Gasteiger partial charge is 0.497 e. The van der Waals surface area contributed by atoms with Gasteiger partial charge in [0.2, 0.25) is 0 Å². The number of methoxy groups -OCH3 is 2. The molecule has 0 spiro atoms. The minimum atomic E-state index is 0.599. The molecule has 0 aromatic heterocycles. The van der Waals surface area contributed by atoms with E-state index >= 15 is 0 Å². The molecular weight excluding hydrogens is 298 g/mol. The topological polar surface area (TPSA) is 42.2 Å². The lowest BCUT2D eigenvalue weighted by Crippen LogP contribution is -1.89. The second-order valence-corrected chi connectivity index (χ2v) is 5.34. The molecule has 0 aliphatic carbocycles. The summed E-state index contributed by atoms with van der Waals surface area (Å²) in [5.41, 5.74) is 2.37. The Morgan fingerprint density at radius 2 is 1.58 bits per heavy atom. The van der Waals surface area contributed by atoms with Gasteiger partial charge in [0.1, 0.15) is 11.5 Å². The Hall–Kier alpha value is -3.25. The van der Waals surface area contributed by atoms with Gasteiger partial charge in [0.05, 0.1) is 25.9 Å². The fourth-order valence-electron chi connectivity index (χ4n) is 2.71. The molecule has 3 heteroatoms. The summed E-state index contributed by atoms with van der Waals surface area (Å²) in [6.07, 6.45) is 1.85. The number of hydrogen-bond donors (Lipinski definition) is 0. The molecule has 0 unspecified atom stereocenters. The van der Waals surface area contributed by atoms with Crippen molar-refractivity contribution < 1.29 is 9.47 Å². The summed E-state index contributed by atoms with van der Waals surface area (Å²) in [6.45, 7) is 0. The van der Waals surface area contributed by atoms with E-state index in [1.165, 1.54) is 0 Å². The van der Waals surface area contributed by atoms with Gasteiger partial charge in [0.25, 0.3) is 0 Å². The van der Waals surface area contributed by atoms with E-state index in [9.17, 15) is 5.26 Å². The first-order chi connectivity index (χ1) is 11.7. The van der Waals surface area contributed by atoms with E-state index < -0.39 is 0 Å². The Bertz CT molecular complexity index is 924. The lowest BCUT2D eigenvalue weighted by molar-refractivity contribution is 0.394. The lowest BCUT2D eigenvalue weighted by Gasteiger charge is -2.08. The molecule has 3 rings (SSSR count). The lowest BCUT2D eigenvalue weighted by atomic mass is 9.97. The Balaban J connectivity index is 2.15. The second-order valence-electron chi connectivity index (χ2n) is 5.34. The second kappa shape index (κ2) is 6.89. The highest BCUT2D eigenvalue weighted by Crippen LogP contribution is 2.29. The summed E-state index contributed by atoms with van der Waals surface area (Å²) in [4.78, 5) is 0. The normalized spacial score (nSPS) is 11.1. The zero-order valence-corrected chi connectivity index (χ0v) is 13.6. The number of nitrogens with zero attached hydrogens (tertiary/aromatic N) is 1. The Morgan fingerprint density at radius 1 is 0.917 bits per heavy atom. The zero-order chi connectivity index (χ0) is 16.9. The van der Waals surface area contributed by atoms with Gasteiger partial charge >= 0.3 is 0 Å². The highest BCUT2D eigenvalue weighted by atomic mass is 16.5. The van der Waals surface area contributed by atoms with Crippen molar-refractivity contribution in [2.24, 2.45) is 0 Å². The van der Waals surface area contributed by atoms with Crippen molar-refractivity contribution in [2.75, 3.05) is 14.2 Å². The molecule has 0 N–H and O–H groups in total. The van der Waals surface area contributed by atoms with Crippen molar-refractivity contribution in [2.45, 2.75) is 0 Å². The number of benzene rings is 3. The van der Waals surface area contributed by atoms with E-state index in [4.69, 9.17) is 9.47 Å². The molecule has 0 atom stereocenters. The summed E-state index contributed by atoms with van der Waals surface area (Å²) in [5.74, 6) is 1.38. The van der Waals surface area contributed by atoms with E-state index in [0.29, 0.717) is 17.1 Å². The number of rotatable bonds is 4. The first-order valence-electron chi connectivity index (χ1n) is 7.58. The Morgan fingerprint density at radius 3 is 2.25 bits per heavy atom. The van der Waals surface area contributed by atoms with Gasteiger partial charge in [-0.1, -0.05) is 42.5 Å². The molecule has 0 aliphatic rings. The molecule has 0 radical (unpaired) electrons. The molecule has 24 heavy (non-hydrogen) atoms. The maximum atomic E-state index is 9.67. The van der Waals surface area contributed by atoms with E-state index in [1.54, 1.807) is 20.3 Å². The molecule has 0 amide bonds. The van der Waals surface area contributed by atoms with Crippen LogP contribution in [0, 0.1) is 11.3 Å². The molecule has 0 heterocycles. The van der Waals surface area contributed by atoms with Crippen LogP contribution in [0.15, 0.2) is 60.7 Å². The summed E-state index contributed by atoms with van der Waals surface area (Å²) in [6, 6.07) is 21.9. The minimum absolute atomic E-state index is 0.599. The van der Waals surface area contributed by atoms with Gasteiger partial charge in [0.15, 0.2) is 0 Å². The van der Waals surface area contributed by atoms with Gasteiger partial charge in [-0.15, -0.1) is 0 Å². The SMILES string of the molecule is COc1cc(/C=C(/C#N)c2cccc3ccccc23)cc(OC)c1. The smallest absolute Gasteiger partial charge is 0.123 e. The van der Waals surface area contributed by atoms with Crippen LogP contribution in [0.25, 0.3) is 22.4 Å². The van der Waals surface area contributed by atoms with Crippen LogP contribution in [0.3, 0.4) is 0 Å². The quantitative estimate of drug-likeness (QED) is 0.507. The highest BCUT2D eigenvalue weighted by molar-refractivity contribution is 6.01. The number of ether oxygens (including phenoxy) is 2. The molecule has 0 saturated heterocycles. The maximum Gasteiger partial charge on any atom is 0.123 e. The molecule has 118 valence electrons. The van der Waals surface area contributed by atoms with Crippen LogP contribution in [0.2, 0.25) is 0 Å². The molecule has 3 aromatic rings. The zero-order valence-electron chi connectivity index (χ0n) is 13.6. The third-order valence-corrected chi connectivity index (χ3v) is 3.89. The molecule has 3 nitrogen and oxygen atoms in total. The Labute approximate surface area is 141 Å². The maximum absolute atomic E-state index is 9.67. The van der Waals surface area contributed by atoms with Crippen LogP contribution in [-0.4, -0.2) is 14.2 Å². The van der Waals surface area contributed by atoms with Crippen LogP contribution in [0.1, 0.15) is 11.1 Å². The summed E-state index contributed by atoms with van der Waals surface area (Å²) >= 11 is 0. The first-order valence-corrected chi connectivity index (χ1v) is 7.58. The predicted molar refractivity (Wildman–Crippen MR) is 97.0 cm³/mol. The van der Waals surface area contributed by atoms with Crippen molar-refractivity contribution in [3.63, 3.8) is 0 Å². The summed E-state index contributed by atoms with van der Waals surface area (Å²) in [7, 11) is 3.22. The van der Waals surface area contributed by atoms with Crippen LogP contribution in [-0.2, 0) is 0 Å². The summed E-state index contributed by atoms with van der Waals surface area (Å²) in [5, 5.41) is 11.8. The van der Waals surface area contributed by atoms with Crippen molar-refractivity contribution in [3.8, 4) is 17.6 Å². The standard InChI is InChI=1S/C21H17NO2/c1-23-18-11-15(12-19(13-18)24-2)10-17(14-22)21-9-5-7-16-6-3-4-8-20(16)21/h3-13H,1-2H3/b17-10-. The highest BCUT2D eigenvalue weighted by Gasteiger charge is 2.07. The van der Waals surface area contributed by atoms with Gasteiger partial charge in [-0.3, -0.25) is 0 Å². The number of nitriles is 1. The third-order valence-electron chi connectivity index (χ3n) is 3.89. The average molecular weight is 315 g/mol. The van der Waals surface area contributed by atoms with E-state index in [1.807, 2.05) is 60.7 Å². The predicted octanol–water partition coefficient (Wildman–Crippen LogP) is 4.92. The molecule has 0 bridgehead atoms. The minimum Gasteiger partial charge on any atom is -0.497 e. The fraction of sp³-hybridized carbons (Fsp3) is 0.0952. The van der Waals surface area contributed by atoms with Gasteiger partial charge in [-0.25, -0.2) is 0 Å². The molecule has 0 aliphatic heterocycles. The van der Waals surface area contributed by atoms with Crippen molar-refractivity contribution in [3.05, 3.63) is 71.8 Å². The van der Waals surface area contributed by atoms with Crippen LogP contribution < -0.4 is 9.47 Å². The van der Waals surface area contributed by atoms with Gasteiger partial charge in [-0.05, 0) is 34.5 Å². The average Bonchev–Trinajstić information content (AvgIpc) is 2.65. The summed E-state index contributed by atoms with van der Waals surface area (Å²) < 4.78 is 10.6. The first kappa shape index (κ1) is 15.6. The van der Waals surface area contributed by atoms with Crippen LogP contribution >= 0.6 is 0 Å². The van der Waals surface area contributed by atoms with Gasteiger partial charge in [0, 0.05) is 11.6 Å². The third kappa shape index (κ3) is 3.09. The number of allylic oxidation sites excluding steroid dienone is 1. The van der Waals surface area contributed by atoms with Crippen LogP contribution in [0.5, 0.6) is 11.5 Å². The monoisotopic (exact) mass is 315 g/mol. The van der Waals surface area contributed by atoms with Gasteiger partial charge < -0.3 is 9.47 Å². The number of fused-ring (bicyclic) bond motifs is 1. The molecule has 0 fully saturated rings. The van der Waals surface area contributed by atoms with E-state index in [2.05, 4.69) is 6.07 Å². The fourth-order valence-corrected chi connectivity index (χ4v) is 2.71. The van der Waals surface area contributed by atoms with E-state index in [0.717, 1.165) is 21.9 Å². The van der Waals surface area contributed by atoms with Crippen molar-refractivity contribution >= 4 is 22.4 Å². The number of hydrogen-bond acceptors (Lipinski definition) is 3. The molecule has 3 aromatic carbocycles. The van der Waals surface area contributed by atoms with Crippen LogP contribution in [0.4, 0.5) is 0 Å². The van der Waals surface area contributed by atoms with Gasteiger partial charge in [-0.2, -0.15) is 5.26 Å². The van der Waals surface area contributed by atoms with Crippen molar-refractivity contribution in [1.82, 2.24) is 0 Å².